The quantitative estimate of drug-likeness (QED) is 0.925. The van der Waals surface area contributed by atoms with Gasteiger partial charge in [-0.3, -0.25) is 14.6 Å². The van der Waals surface area contributed by atoms with Gasteiger partial charge in [0.1, 0.15) is 0 Å². The van der Waals surface area contributed by atoms with Crippen LogP contribution in [0, 0.1) is 5.92 Å². The first-order chi connectivity index (χ1) is 12.2. The highest BCUT2D eigenvalue weighted by molar-refractivity contribution is 5.89. The van der Waals surface area contributed by atoms with Crippen LogP contribution in [0.2, 0.25) is 0 Å². The lowest BCUT2D eigenvalue weighted by molar-refractivity contribution is -0.129. The van der Waals surface area contributed by atoms with Crippen molar-refractivity contribution in [2.45, 2.75) is 31.8 Å². The molecule has 0 saturated carbocycles. The largest absolute Gasteiger partial charge is 0.352 e. The molecule has 1 fully saturated rings. The molecule has 1 aromatic heterocycles. The van der Waals surface area contributed by atoms with Crippen molar-refractivity contribution in [1.82, 2.24) is 15.2 Å². The summed E-state index contributed by atoms with van der Waals surface area (Å²) in [5.74, 6) is -0.201. The van der Waals surface area contributed by atoms with Crippen molar-refractivity contribution in [1.29, 1.82) is 0 Å². The Balaban J connectivity index is 1.34. The second kappa shape index (κ2) is 6.67. The van der Waals surface area contributed by atoms with Gasteiger partial charge in [-0.1, -0.05) is 24.3 Å². The molecule has 1 N–H and O–H groups in total. The summed E-state index contributed by atoms with van der Waals surface area (Å²) >= 11 is 0. The fraction of sp³-hybridized carbons (Fsp3) is 0.350. The van der Waals surface area contributed by atoms with Crippen molar-refractivity contribution in [3.05, 3.63) is 65.5 Å². The molecule has 1 aliphatic heterocycles. The fourth-order valence-electron chi connectivity index (χ4n) is 3.79. The molecule has 25 heavy (non-hydrogen) atoms. The number of carbonyl (C=O) groups is 2. The van der Waals surface area contributed by atoms with Crippen LogP contribution in [0.1, 0.15) is 23.1 Å². The van der Waals surface area contributed by atoms with E-state index in [-0.39, 0.29) is 23.8 Å². The van der Waals surface area contributed by atoms with Gasteiger partial charge in [0.15, 0.2) is 0 Å². The van der Waals surface area contributed by atoms with Gasteiger partial charge in [-0.05, 0) is 41.7 Å². The van der Waals surface area contributed by atoms with Crippen molar-refractivity contribution in [2.75, 3.05) is 6.54 Å². The van der Waals surface area contributed by atoms with Gasteiger partial charge in [-0.2, -0.15) is 0 Å². The van der Waals surface area contributed by atoms with E-state index in [1.54, 1.807) is 17.3 Å². The normalized spacial score (nSPS) is 19.9. The maximum absolute atomic E-state index is 12.6. The zero-order valence-electron chi connectivity index (χ0n) is 14.0. The first-order valence-electron chi connectivity index (χ1n) is 8.73. The van der Waals surface area contributed by atoms with E-state index >= 15 is 0 Å². The third kappa shape index (κ3) is 3.40. The van der Waals surface area contributed by atoms with Gasteiger partial charge in [0.05, 0.1) is 5.92 Å². The molecule has 1 saturated heterocycles. The summed E-state index contributed by atoms with van der Waals surface area (Å²) in [6.07, 6.45) is 5.50. The van der Waals surface area contributed by atoms with E-state index in [4.69, 9.17) is 0 Å². The third-order valence-electron chi connectivity index (χ3n) is 5.11. The highest BCUT2D eigenvalue weighted by Crippen LogP contribution is 2.24. The SMILES string of the molecule is O=C(NC1Cc2ccccc2C1)C1CC(=O)N(Cc2ccncc2)C1. The number of pyridine rings is 1. The second-order valence-corrected chi connectivity index (χ2v) is 6.91. The molecule has 5 heteroatoms. The smallest absolute Gasteiger partial charge is 0.225 e. The Hall–Kier alpha value is -2.69. The van der Waals surface area contributed by atoms with Gasteiger partial charge in [-0.25, -0.2) is 0 Å². The number of rotatable bonds is 4. The molecule has 2 aromatic rings. The van der Waals surface area contributed by atoms with Crippen LogP contribution >= 0.6 is 0 Å². The van der Waals surface area contributed by atoms with Crippen LogP contribution < -0.4 is 5.32 Å². The van der Waals surface area contributed by atoms with Crippen LogP contribution in [0.5, 0.6) is 0 Å². The van der Waals surface area contributed by atoms with Crippen molar-refractivity contribution in [2.24, 2.45) is 5.92 Å². The summed E-state index contributed by atoms with van der Waals surface area (Å²) in [7, 11) is 0. The molecule has 5 nitrogen and oxygen atoms in total. The van der Waals surface area contributed by atoms with E-state index in [1.165, 1.54) is 11.1 Å². The second-order valence-electron chi connectivity index (χ2n) is 6.91. The Labute approximate surface area is 147 Å². The van der Waals surface area contributed by atoms with E-state index in [0.717, 1.165) is 18.4 Å². The van der Waals surface area contributed by atoms with Gasteiger partial charge < -0.3 is 10.2 Å². The Morgan fingerprint density at radius 3 is 2.44 bits per heavy atom. The van der Waals surface area contributed by atoms with E-state index < -0.39 is 0 Å². The van der Waals surface area contributed by atoms with Gasteiger partial charge >= 0.3 is 0 Å². The lowest BCUT2D eigenvalue weighted by atomic mass is 10.1. The number of carbonyl (C=O) groups excluding carboxylic acids is 2. The number of benzene rings is 1. The van der Waals surface area contributed by atoms with E-state index in [0.29, 0.717) is 19.5 Å². The summed E-state index contributed by atoms with van der Waals surface area (Å²) in [6, 6.07) is 12.3. The summed E-state index contributed by atoms with van der Waals surface area (Å²) in [5.41, 5.74) is 3.67. The van der Waals surface area contributed by atoms with Gasteiger partial charge in [0, 0.05) is 37.9 Å². The van der Waals surface area contributed by atoms with Crippen LogP contribution in [0.15, 0.2) is 48.8 Å². The predicted molar refractivity (Wildman–Crippen MR) is 93.5 cm³/mol. The molecule has 1 aliphatic carbocycles. The molecule has 1 aromatic carbocycles. The third-order valence-corrected chi connectivity index (χ3v) is 5.11. The van der Waals surface area contributed by atoms with Crippen LogP contribution in [0.4, 0.5) is 0 Å². The van der Waals surface area contributed by atoms with Crippen molar-refractivity contribution < 1.29 is 9.59 Å². The zero-order chi connectivity index (χ0) is 17.2. The maximum Gasteiger partial charge on any atom is 0.225 e. The summed E-state index contributed by atoms with van der Waals surface area (Å²) < 4.78 is 0. The van der Waals surface area contributed by atoms with Gasteiger partial charge in [0.25, 0.3) is 0 Å². The van der Waals surface area contributed by atoms with Crippen molar-refractivity contribution in [3.63, 3.8) is 0 Å². The Morgan fingerprint density at radius 1 is 1.08 bits per heavy atom. The number of nitrogens with one attached hydrogen (secondary N) is 1. The Bertz CT molecular complexity index is 766. The minimum absolute atomic E-state index is 0.00313. The first-order valence-corrected chi connectivity index (χ1v) is 8.73. The molecule has 2 aliphatic rings. The zero-order valence-corrected chi connectivity index (χ0v) is 14.0. The molecular formula is C20H21N3O2. The highest BCUT2D eigenvalue weighted by atomic mass is 16.2. The average molecular weight is 335 g/mol. The van der Waals surface area contributed by atoms with Crippen LogP contribution in [0.25, 0.3) is 0 Å². The molecule has 0 radical (unpaired) electrons. The number of nitrogens with zero attached hydrogens (tertiary/aromatic N) is 2. The standard InChI is InChI=1S/C20H21N3O2/c24-19-11-17(13-23(19)12-14-5-7-21-8-6-14)20(25)22-18-9-15-3-1-2-4-16(15)10-18/h1-8,17-18H,9-13H2,(H,22,25). The molecule has 2 amide bonds. The average Bonchev–Trinajstić information content (AvgIpc) is 3.19. The number of fused-ring (bicyclic) bond motifs is 1. The monoisotopic (exact) mass is 335 g/mol. The van der Waals surface area contributed by atoms with E-state index in [1.807, 2.05) is 24.3 Å². The molecular weight excluding hydrogens is 314 g/mol. The summed E-state index contributed by atoms with van der Waals surface area (Å²) in [6.45, 7) is 1.03. The summed E-state index contributed by atoms with van der Waals surface area (Å²) in [4.78, 5) is 30.6. The molecule has 0 spiro atoms. The molecule has 4 rings (SSSR count). The lowest BCUT2D eigenvalue weighted by Gasteiger charge is -2.18. The topological polar surface area (TPSA) is 62.3 Å². The van der Waals surface area contributed by atoms with Gasteiger partial charge in [0.2, 0.25) is 11.8 Å². The fourth-order valence-corrected chi connectivity index (χ4v) is 3.79. The Morgan fingerprint density at radius 2 is 1.76 bits per heavy atom. The predicted octanol–water partition coefficient (Wildman–Crippen LogP) is 1.71. The van der Waals surface area contributed by atoms with Crippen LogP contribution in [0.3, 0.4) is 0 Å². The number of hydrogen-bond donors (Lipinski definition) is 1. The van der Waals surface area contributed by atoms with Crippen molar-refractivity contribution >= 4 is 11.8 Å². The summed E-state index contributed by atoms with van der Waals surface area (Å²) in [5, 5.41) is 3.14. The molecule has 128 valence electrons. The van der Waals surface area contributed by atoms with Gasteiger partial charge in [-0.15, -0.1) is 0 Å². The minimum Gasteiger partial charge on any atom is -0.352 e. The molecule has 2 heterocycles. The minimum atomic E-state index is -0.252. The molecule has 0 bridgehead atoms. The number of aromatic nitrogens is 1. The van der Waals surface area contributed by atoms with E-state index in [2.05, 4.69) is 22.4 Å². The van der Waals surface area contributed by atoms with Crippen LogP contribution in [-0.2, 0) is 29.0 Å². The number of hydrogen-bond acceptors (Lipinski definition) is 3. The van der Waals surface area contributed by atoms with Crippen molar-refractivity contribution in [3.8, 4) is 0 Å². The number of likely N-dealkylation sites (tertiary alicyclic amines) is 1. The highest BCUT2D eigenvalue weighted by Gasteiger charge is 2.35. The van der Waals surface area contributed by atoms with Crippen LogP contribution in [-0.4, -0.2) is 34.3 Å². The Kier molecular flexibility index (Phi) is 4.22. The first kappa shape index (κ1) is 15.8. The number of amides is 2. The molecule has 1 atom stereocenters. The maximum atomic E-state index is 12.6. The molecule has 1 unspecified atom stereocenters. The lowest BCUT2D eigenvalue weighted by Crippen LogP contribution is -2.40. The van der Waals surface area contributed by atoms with E-state index in [9.17, 15) is 9.59 Å².